The van der Waals surface area contributed by atoms with E-state index in [0.717, 1.165) is 0 Å². The number of aliphatic hydroxyl groups excluding tert-OH is 1. The average molecular weight is 280 g/mol. The van der Waals surface area contributed by atoms with Crippen LogP contribution in [-0.4, -0.2) is 63.4 Å². The Kier molecular flexibility index (Phi) is 16.7. The Labute approximate surface area is 116 Å². The molecule has 0 aromatic rings. The van der Waals surface area contributed by atoms with Crippen LogP contribution < -0.4 is 0 Å². The molecule has 0 saturated carbocycles. The van der Waals surface area contributed by atoms with Crippen LogP contribution in [0.5, 0.6) is 0 Å². The lowest BCUT2D eigenvalue weighted by atomic mass is 10.4. The molecule has 0 bridgehead atoms. The summed E-state index contributed by atoms with van der Waals surface area (Å²) in [5.41, 5.74) is 0. The summed E-state index contributed by atoms with van der Waals surface area (Å²) >= 11 is 0. The Bertz CT molecular complexity index is 174. The quantitative estimate of drug-likeness (QED) is 0.602. The van der Waals surface area contributed by atoms with Crippen molar-refractivity contribution in [2.45, 2.75) is 46.0 Å². The molecule has 0 spiro atoms. The maximum atomic E-state index is 9.18. The Morgan fingerprint density at radius 3 is 1.95 bits per heavy atom. The molecule has 3 atom stereocenters. The van der Waals surface area contributed by atoms with Gasteiger partial charge in [0.05, 0.1) is 44.7 Å². The number of hydrogen-bond donors (Lipinski definition) is 1. The third-order valence-corrected chi connectivity index (χ3v) is 2.13. The van der Waals surface area contributed by atoms with Gasteiger partial charge in [-0.3, -0.25) is 4.79 Å². The van der Waals surface area contributed by atoms with Gasteiger partial charge in [-0.25, -0.2) is 0 Å². The zero-order chi connectivity index (χ0) is 15.1. The Hall–Kier alpha value is -0.690. The summed E-state index contributed by atoms with van der Waals surface area (Å²) in [4.78, 5) is 9.18. The highest BCUT2D eigenvalue weighted by atomic mass is 16.6. The molecule has 0 aliphatic carbocycles. The van der Waals surface area contributed by atoms with Crippen molar-refractivity contribution >= 4 is 6.47 Å². The number of methoxy groups -OCH3 is 1. The molecule has 0 aliphatic rings. The fourth-order valence-corrected chi connectivity index (χ4v) is 0.836. The van der Waals surface area contributed by atoms with Crippen LogP contribution in [0.1, 0.15) is 27.7 Å². The minimum atomic E-state index is -0.124. The van der Waals surface area contributed by atoms with E-state index < -0.39 is 0 Å². The summed E-state index contributed by atoms with van der Waals surface area (Å²) in [7, 11) is 1.66. The largest absolute Gasteiger partial charge is 0.468 e. The highest BCUT2D eigenvalue weighted by molar-refractivity contribution is 5.36. The standard InChI is InChI=1S/C10H22O4.C3H6O2/c1-8(5-11)13-7-10(3)14-6-9(2)12-4;1-2-5-3-4/h8-11H,5-7H2,1-4H3;3H,2H2,1H3. The fraction of sp³-hybridized carbons (Fsp3) is 0.923. The van der Waals surface area contributed by atoms with Gasteiger partial charge in [-0.15, -0.1) is 0 Å². The second kappa shape index (κ2) is 15.4. The van der Waals surface area contributed by atoms with Crippen molar-refractivity contribution < 1.29 is 28.8 Å². The maximum absolute atomic E-state index is 9.18. The second-order valence-electron chi connectivity index (χ2n) is 4.07. The van der Waals surface area contributed by atoms with Gasteiger partial charge in [-0.1, -0.05) is 0 Å². The molecular formula is C13H28O6. The molecule has 116 valence electrons. The van der Waals surface area contributed by atoms with E-state index in [1.54, 1.807) is 14.0 Å². The van der Waals surface area contributed by atoms with Crippen molar-refractivity contribution in [2.75, 3.05) is 33.5 Å². The third-order valence-electron chi connectivity index (χ3n) is 2.13. The number of aliphatic hydroxyl groups is 1. The van der Waals surface area contributed by atoms with E-state index >= 15 is 0 Å². The normalized spacial score (nSPS) is 14.8. The number of carbonyl (C=O) groups is 1. The molecule has 0 amide bonds. The highest BCUT2D eigenvalue weighted by Crippen LogP contribution is 1.98. The Balaban J connectivity index is 0. The van der Waals surface area contributed by atoms with E-state index in [2.05, 4.69) is 4.74 Å². The van der Waals surface area contributed by atoms with Gasteiger partial charge >= 0.3 is 0 Å². The molecule has 0 aromatic heterocycles. The number of rotatable bonds is 10. The molecule has 3 unspecified atom stereocenters. The molecule has 6 heteroatoms. The summed E-state index contributed by atoms with van der Waals surface area (Å²) < 4.78 is 20.0. The fourth-order valence-electron chi connectivity index (χ4n) is 0.836. The van der Waals surface area contributed by atoms with Gasteiger partial charge < -0.3 is 24.1 Å². The molecule has 0 heterocycles. The molecule has 0 radical (unpaired) electrons. The number of carbonyl (C=O) groups excluding carboxylic acids is 1. The molecule has 0 aromatic carbocycles. The first-order valence-corrected chi connectivity index (χ1v) is 6.43. The summed E-state index contributed by atoms with van der Waals surface area (Å²) in [5.74, 6) is 0. The molecular weight excluding hydrogens is 252 g/mol. The lowest BCUT2D eigenvalue weighted by Crippen LogP contribution is -2.25. The van der Waals surface area contributed by atoms with Gasteiger partial charge in [-0.2, -0.15) is 0 Å². The minimum absolute atomic E-state index is 0.0293. The first kappa shape index (κ1) is 20.6. The van der Waals surface area contributed by atoms with Crippen molar-refractivity contribution in [3.8, 4) is 0 Å². The molecule has 0 fully saturated rings. The summed E-state index contributed by atoms with van der Waals surface area (Å²) in [5, 5.41) is 8.72. The Morgan fingerprint density at radius 1 is 1.05 bits per heavy atom. The molecule has 19 heavy (non-hydrogen) atoms. The van der Waals surface area contributed by atoms with Crippen molar-refractivity contribution in [1.82, 2.24) is 0 Å². The number of ether oxygens (including phenoxy) is 4. The summed E-state index contributed by atoms with van der Waals surface area (Å²) in [6.07, 6.45) is 0.00946. The van der Waals surface area contributed by atoms with E-state index in [0.29, 0.717) is 26.3 Å². The van der Waals surface area contributed by atoms with Crippen LogP contribution in [0.25, 0.3) is 0 Å². The second-order valence-corrected chi connectivity index (χ2v) is 4.07. The molecule has 1 N–H and O–H groups in total. The van der Waals surface area contributed by atoms with Crippen LogP contribution in [-0.2, 0) is 23.7 Å². The zero-order valence-electron chi connectivity index (χ0n) is 12.6. The lowest BCUT2D eigenvalue weighted by molar-refractivity contribution is -0.128. The smallest absolute Gasteiger partial charge is 0.293 e. The van der Waals surface area contributed by atoms with Crippen molar-refractivity contribution in [3.05, 3.63) is 0 Å². The first-order valence-electron chi connectivity index (χ1n) is 6.43. The average Bonchev–Trinajstić information content (AvgIpc) is 2.43. The first-order chi connectivity index (χ1) is 9.01. The Morgan fingerprint density at radius 2 is 1.58 bits per heavy atom. The van der Waals surface area contributed by atoms with E-state index in [9.17, 15) is 4.79 Å². The van der Waals surface area contributed by atoms with Crippen LogP contribution >= 0.6 is 0 Å². The van der Waals surface area contributed by atoms with Crippen LogP contribution in [0.2, 0.25) is 0 Å². The van der Waals surface area contributed by atoms with E-state index in [1.165, 1.54) is 0 Å². The predicted molar refractivity (Wildman–Crippen MR) is 72.1 cm³/mol. The van der Waals surface area contributed by atoms with Gasteiger partial charge in [0.15, 0.2) is 0 Å². The van der Waals surface area contributed by atoms with Gasteiger partial charge in [-0.05, 0) is 27.7 Å². The van der Waals surface area contributed by atoms with Gasteiger partial charge in [0.2, 0.25) is 0 Å². The maximum Gasteiger partial charge on any atom is 0.293 e. The van der Waals surface area contributed by atoms with E-state index in [1.807, 2.05) is 20.8 Å². The predicted octanol–water partition coefficient (Wildman–Crippen LogP) is 1.00. The van der Waals surface area contributed by atoms with Crippen LogP contribution in [0.15, 0.2) is 0 Å². The van der Waals surface area contributed by atoms with Gasteiger partial charge in [0.25, 0.3) is 6.47 Å². The minimum Gasteiger partial charge on any atom is -0.468 e. The van der Waals surface area contributed by atoms with Crippen molar-refractivity contribution in [2.24, 2.45) is 0 Å². The van der Waals surface area contributed by atoms with E-state index in [4.69, 9.17) is 19.3 Å². The van der Waals surface area contributed by atoms with Crippen molar-refractivity contribution in [3.63, 3.8) is 0 Å². The van der Waals surface area contributed by atoms with E-state index in [-0.39, 0.29) is 24.9 Å². The molecule has 0 rings (SSSR count). The monoisotopic (exact) mass is 280 g/mol. The molecule has 6 nitrogen and oxygen atoms in total. The SMILES string of the molecule is CCOC=O.COC(C)COC(C)COC(C)CO. The molecule has 0 aliphatic heterocycles. The summed E-state index contributed by atoms with van der Waals surface area (Å²) in [6.45, 7) is 9.48. The van der Waals surface area contributed by atoms with Gasteiger partial charge in [0, 0.05) is 7.11 Å². The van der Waals surface area contributed by atoms with Crippen molar-refractivity contribution in [1.29, 1.82) is 0 Å². The third kappa shape index (κ3) is 17.3. The van der Waals surface area contributed by atoms with Crippen LogP contribution in [0.4, 0.5) is 0 Å². The van der Waals surface area contributed by atoms with Gasteiger partial charge in [0.1, 0.15) is 0 Å². The highest BCUT2D eigenvalue weighted by Gasteiger charge is 2.07. The molecule has 0 saturated heterocycles. The summed E-state index contributed by atoms with van der Waals surface area (Å²) in [6, 6.07) is 0. The lowest BCUT2D eigenvalue weighted by Gasteiger charge is -2.18. The number of hydrogen-bond acceptors (Lipinski definition) is 6. The van der Waals surface area contributed by atoms with Crippen LogP contribution in [0, 0.1) is 0 Å². The topological polar surface area (TPSA) is 74.2 Å². The van der Waals surface area contributed by atoms with Crippen LogP contribution in [0.3, 0.4) is 0 Å². The zero-order valence-corrected chi connectivity index (χ0v) is 12.6.